The zero-order valence-corrected chi connectivity index (χ0v) is 13.0. The summed E-state index contributed by atoms with van der Waals surface area (Å²) in [5.41, 5.74) is -0.476. The first-order valence-electron chi connectivity index (χ1n) is 7.16. The van der Waals surface area contributed by atoms with Crippen LogP contribution in [0.3, 0.4) is 0 Å². The Hall–Kier alpha value is -1.98. The van der Waals surface area contributed by atoms with Crippen LogP contribution in [-0.4, -0.2) is 52.4 Å². The molecule has 1 N–H and O–H groups in total. The van der Waals surface area contributed by atoms with Gasteiger partial charge in [-0.25, -0.2) is 9.78 Å². The summed E-state index contributed by atoms with van der Waals surface area (Å²) in [6, 6.07) is 3.55. The first-order valence-corrected chi connectivity index (χ1v) is 7.16. The Morgan fingerprint density at radius 3 is 2.62 bits per heavy atom. The maximum Gasteiger partial charge on any atom is 0.410 e. The van der Waals surface area contributed by atoms with Crippen LogP contribution in [0.1, 0.15) is 27.7 Å². The monoisotopic (exact) mass is 293 g/mol. The maximum absolute atomic E-state index is 12.1. The molecule has 0 unspecified atom stereocenters. The first-order chi connectivity index (χ1) is 9.76. The minimum atomic E-state index is -0.476. The van der Waals surface area contributed by atoms with E-state index in [0.29, 0.717) is 19.6 Å². The number of nitrogens with zero attached hydrogens (tertiary/aromatic N) is 3. The van der Waals surface area contributed by atoms with Crippen molar-refractivity contribution >= 4 is 11.9 Å². The summed E-state index contributed by atoms with van der Waals surface area (Å²) in [4.78, 5) is 20.2. The number of aromatic hydroxyl groups is 1. The van der Waals surface area contributed by atoms with Gasteiger partial charge in [0.05, 0.1) is 6.20 Å². The van der Waals surface area contributed by atoms with Gasteiger partial charge in [0.15, 0.2) is 0 Å². The van der Waals surface area contributed by atoms with Crippen molar-refractivity contribution in [1.82, 2.24) is 9.88 Å². The molecule has 0 saturated carbocycles. The number of hydrogen-bond acceptors (Lipinski definition) is 5. The van der Waals surface area contributed by atoms with E-state index in [-0.39, 0.29) is 17.9 Å². The molecule has 1 aromatic rings. The van der Waals surface area contributed by atoms with E-state index in [9.17, 15) is 9.90 Å². The van der Waals surface area contributed by atoms with E-state index in [1.165, 1.54) is 6.20 Å². The molecule has 1 amide bonds. The van der Waals surface area contributed by atoms with E-state index in [0.717, 1.165) is 5.82 Å². The van der Waals surface area contributed by atoms with E-state index < -0.39 is 5.60 Å². The average molecular weight is 293 g/mol. The molecule has 0 aliphatic carbocycles. The number of piperazine rings is 1. The molecule has 6 nitrogen and oxygen atoms in total. The van der Waals surface area contributed by atoms with Crippen molar-refractivity contribution in [3.8, 4) is 5.75 Å². The number of aromatic nitrogens is 1. The minimum absolute atomic E-state index is 0.142. The van der Waals surface area contributed by atoms with Gasteiger partial charge in [0, 0.05) is 25.7 Å². The van der Waals surface area contributed by atoms with Gasteiger partial charge in [-0.05, 0) is 39.8 Å². The molecule has 1 aliphatic rings. The smallest absolute Gasteiger partial charge is 0.410 e. The third-order valence-corrected chi connectivity index (χ3v) is 3.31. The molecule has 1 fully saturated rings. The summed E-state index contributed by atoms with van der Waals surface area (Å²) >= 11 is 0. The summed E-state index contributed by atoms with van der Waals surface area (Å²) in [6.45, 7) is 9.53. The highest BCUT2D eigenvalue weighted by Crippen LogP contribution is 2.21. The molecule has 0 bridgehead atoms. The number of pyridine rings is 1. The van der Waals surface area contributed by atoms with Crippen LogP contribution in [0.25, 0.3) is 0 Å². The fraction of sp³-hybridized carbons (Fsp3) is 0.600. The van der Waals surface area contributed by atoms with Gasteiger partial charge in [-0.15, -0.1) is 0 Å². The van der Waals surface area contributed by atoms with E-state index >= 15 is 0 Å². The number of anilines is 1. The Morgan fingerprint density at radius 2 is 2.10 bits per heavy atom. The summed E-state index contributed by atoms with van der Waals surface area (Å²) in [5, 5.41) is 9.29. The lowest BCUT2D eigenvalue weighted by molar-refractivity contribution is 0.0218. The minimum Gasteiger partial charge on any atom is -0.506 e. The third kappa shape index (κ3) is 4.00. The third-order valence-electron chi connectivity index (χ3n) is 3.31. The lowest BCUT2D eigenvalue weighted by atomic mass is 10.2. The Kier molecular flexibility index (Phi) is 4.25. The molecular weight excluding hydrogens is 270 g/mol. The fourth-order valence-electron chi connectivity index (χ4n) is 2.34. The summed E-state index contributed by atoms with van der Waals surface area (Å²) in [5.74, 6) is 0.961. The van der Waals surface area contributed by atoms with Crippen LogP contribution in [0.15, 0.2) is 18.3 Å². The van der Waals surface area contributed by atoms with Crippen molar-refractivity contribution < 1.29 is 14.6 Å². The Balaban J connectivity index is 1.99. The lowest BCUT2D eigenvalue weighted by Gasteiger charge is -2.40. The Morgan fingerprint density at radius 1 is 1.38 bits per heavy atom. The van der Waals surface area contributed by atoms with Gasteiger partial charge in [-0.2, -0.15) is 0 Å². The van der Waals surface area contributed by atoms with Crippen LogP contribution < -0.4 is 4.90 Å². The molecule has 6 heteroatoms. The Labute approximate surface area is 125 Å². The number of carbonyl (C=O) groups is 1. The van der Waals surface area contributed by atoms with Crippen molar-refractivity contribution in [2.24, 2.45) is 0 Å². The van der Waals surface area contributed by atoms with E-state index in [1.807, 2.05) is 27.7 Å². The fourth-order valence-corrected chi connectivity index (χ4v) is 2.34. The van der Waals surface area contributed by atoms with Crippen molar-refractivity contribution in [3.63, 3.8) is 0 Å². The summed E-state index contributed by atoms with van der Waals surface area (Å²) in [7, 11) is 0. The van der Waals surface area contributed by atoms with Crippen LogP contribution in [0, 0.1) is 0 Å². The molecule has 1 atom stereocenters. The quantitative estimate of drug-likeness (QED) is 0.860. The predicted octanol–water partition coefficient (Wildman–Crippen LogP) is 2.23. The second kappa shape index (κ2) is 5.79. The highest BCUT2D eigenvalue weighted by atomic mass is 16.6. The second-order valence-electron chi connectivity index (χ2n) is 6.34. The highest BCUT2D eigenvalue weighted by molar-refractivity contribution is 5.68. The molecule has 0 radical (unpaired) electrons. The zero-order valence-electron chi connectivity index (χ0n) is 13.0. The Bertz CT molecular complexity index is 496. The molecular formula is C15H23N3O3. The number of ether oxygens (including phenoxy) is 1. The van der Waals surface area contributed by atoms with E-state index in [4.69, 9.17) is 4.74 Å². The van der Waals surface area contributed by atoms with Gasteiger partial charge in [-0.3, -0.25) is 0 Å². The van der Waals surface area contributed by atoms with Gasteiger partial charge in [0.1, 0.15) is 17.2 Å². The number of hydrogen-bond donors (Lipinski definition) is 1. The number of amides is 1. The van der Waals surface area contributed by atoms with Crippen LogP contribution in [-0.2, 0) is 4.74 Å². The van der Waals surface area contributed by atoms with Crippen molar-refractivity contribution in [2.45, 2.75) is 39.3 Å². The highest BCUT2D eigenvalue weighted by Gasteiger charge is 2.30. The number of carbonyl (C=O) groups excluding carboxylic acids is 1. The van der Waals surface area contributed by atoms with E-state index in [1.54, 1.807) is 17.0 Å². The van der Waals surface area contributed by atoms with E-state index in [2.05, 4.69) is 9.88 Å². The zero-order chi connectivity index (χ0) is 15.6. The van der Waals surface area contributed by atoms with Gasteiger partial charge >= 0.3 is 6.09 Å². The molecule has 21 heavy (non-hydrogen) atoms. The molecule has 2 heterocycles. The van der Waals surface area contributed by atoms with Crippen LogP contribution in [0.2, 0.25) is 0 Å². The summed E-state index contributed by atoms with van der Waals surface area (Å²) in [6.07, 6.45) is 1.16. The van der Waals surface area contributed by atoms with Gasteiger partial charge in [0.25, 0.3) is 0 Å². The standard InChI is InChI=1S/C15H23N3O3/c1-11-10-17(14(20)21-15(2,3)4)7-8-18(11)13-6-5-12(19)9-16-13/h5-6,9,11,19H,7-8,10H2,1-4H3/t11-/m0/s1. The van der Waals surface area contributed by atoms with Crippen LogP contribution in [0.4, 0.5) is 10.6 Å². The SMILES string of the molecule is C[C@H]1CN(C(=O)OC(C)(C)C)CCN1c1ccc(O)cn1. The molecule has 0 spiro atoms. The van der Waals surface area contributed by atoms with Crippen molar-refractivity contribution in [2.75, 3.05) is 24.5 Å². The first kappa shape index (κ1) is 15.4. The molecule has 1 aromatic heterocycles. The van der Waals surface area contributed by atoms with Crippen LogP contribution >= 0.6 is 0 Å². The van der Waals surface area contributed by atoms with Gasteiger partial charge in [-0.1, -0.05) is 0 Å². The lowest BCUT2D eigenvalue weighted by Crippen LogP contribution is -2.54. The molecule has 1 saturated heterocycles. The molecule has 116 valence electrons. The summed E-state index contributed by atoms with van der Waals surface area (Å²) < 4.78 is 5.40. The average Bonchev–Trinajstić information content (AvgIpc) is 2.38. The van der Waals surface area contributed by atoms with Crippen molar-refractivity contribution in [1.29, 1.82) is 0 Å². The molecule has 1 aliphatic heterocycles. The molecule has 0 aromatic carbocycles. The van der Waals surface area contributed by atoms with Crippen molar-refractivity contribution in [3.05, 3.63) is 18.3 Å². The topological polar surface area (TPSA) is 65.9 Å². The largest absolute Gasteiger partial charge is 0.506 e. The molecule has 2 rings (SSSR count). The van der Waals surface area contributed by atoms with Gasteiger partial charge < -0.3 is 19.6 Å². The second-order valence-corrected chi connectivity index (χ2v) is 6.34. The maximum atomic E-state index is 12.1. The van der Waals surface area contributed by atoms with Crippen LogP contribution in [0.5, 0.6) is 5.75 Å². The predicted molar refractivity (Wildman–Crippen MR) is 80.5 cm³/mol. The van der Waals surface area contributed by atoms with Gasteiger partial charge in [0.2, 0.25) is 0 Å². The normalized spacial score (nSPS) is 19.5. The number of rotatable bonds is 1.